The topological polar surface area (TPSA) is 12.0 Å². The molecule has 2 heteroatoms. The average Bonchev–Trinajstić information content (AvgIpc) is 2.70. The summed E-state index contributed by atoms with van der Waals surface area (Å²) in [6.45, 7) is 8.23. The SMILES string of the molecule is C=CCCCC(C)NC(C)c1cccs1. The molecule has 0 spiro atoms. The molecule has 0 radical (unpaired) electrons. The van der Waals surface area contributed by atoms with Crippen molar-refractivity contribution in [3.63, 3.8) is 0 Å². The first-order valence-electron chi connectivity index (χ1n) is 5.64. The lowest BCUT2D eigenvalue weighted by Crippen LogP contribution is -2.28. The van der Waals surface area contributed by atoms with Crippen molar-refractivity contribution in [2.24, 2.45) is 0 Å². The van der Waals surface area contributed by atoms with E-state index in [2.05, 4.69) is 43.3 Å². The summed E-state index contributed by atoms with van der Waals surface area (Å²) in [7, 11) is 0. The van der Waals surface area contributed by atoms with Gasteiger partial charge in [0.05, 0.1) is 0 Å². The van der Waals surface area contributed by atoms with Crippen molar-refractivity contribution in [1.29, 1.82) is 0 Å². The van der Waals surface area contributed by atoms with Gasteiger partial charge in [-0.15, -0.1) is 17.9 Å². The summed E-state index contributed by atoms with van der Waals surface area (Å²) in [4.78, 5) is 1.42. The fourth-order valence-corrected chi connectivity index (χ4v) is 2.44. The molecule has 0 saturated carbocycles. The van der Waals surface area contributed by atoms with E-state index in [0.29, 0.717) is 12.1 Å². The lowest BCUT2D eigenvalue weighted by atomic mass is 10.1. The van der Waals surface area contributed by atoms with Crippen LogP contribution < -0.4 is 5.32 Å². The number of rotatable bonds is 7. The third-order valence-electron chi connectivity index (χ3n) is 2.55. The third kappa shape index (κ3) is 4.63. The van der Waals surface area contributed by atoms with Crippen LogP contribution in [0.5, 0.6) is 0 Å². The zero-order chi connectivity index (χ0) is 11.1. The van der Waals surface area contributed by atoms with Crippen molar-refractivity contribution in [3.05, 3.63) is 35.0 Å². The number of nitrogens with one attached hydrogen (secondary N) is 1. The number of hydrogen-bond acceptors (Lipinski definition) is 2. The fraction of sp³-hybridized carbons (Fsp3) is 0.538. The minimum Gasteiger partial charge on any atom is -0.307 e. The van der Waals surface area contributed by atoms with Gasteiger partial charge in [-0.2, -0.15) is 0 Å². The van der Waals surface area contributed by atoms with E-state index in [1.54, 1.807) is 0 Å². The standard InChI is InChI=1S/C13H21NS/c1-4-5-6-8-11(2)14-12(3)13-9-7-10-15-13/h4,7,9-12,14H,1,5-6,8H2,2-3H3. The van der Waals surface area contributed by atoms with E-state index in [9.17, 15) is 0 Å². The molecule has 0 amide bonds. The van der Waals surface area contributed by atoms with Crippen molar-refractivity contribution < 1.29 is 0 Å². The Morgan fingerprint density at radius 2 is 2.33 bits per heavy atom. The summed E-state index contributed by atoms with van der Waals surface area (Å²) in [5, 5.41) is 5.75. The maximum Gasteiger partial charge on any atom is 0.0388 e. The molecule has 2 atom stereocenters. The molecule has 1 heterocycles. The zero-order valence-electron chi connectivity index (χ0n) is 9.70. The van der Waals surface area contributed by atoms with Crippen LogP contribution in [0.4, 0.5) is 0 Å². The van der Waals surface area contributed by atoms with E-state index in [1.165, 1.54) is 17.7 Å². The van der Waals surface area contributed by atoms with Crippen molar-refractivity contribution >= 4 is 11.3 Å². The molecule has 1 N–H and O–H groups in total. The van der Waals surface area contributed by atoms with Crippen LogP contribution in [0.15, 0.2) is 30.2 Å². The monoisotopic (exact) mass is 223 g/mol. The Bertz CT molecular complexity index is 266. The Morgan fingerprint density at radius 1 is 1.53 bits per heavy atom. The third-order valence-corrected chi connectivity index (χ3v) is 3.60. The smallest absolute Gasteiger partial charge is 0.0388 e. The molecular weight excluding hydrogens is 202 g/mol. The second-order valence-corrected chi connectivity index (χ2v) is 5.00. The Balaban J connectivity index is 2.25. The van der Waals surface area contributed by atoms with E-state index in [0.717, 1.165) is 6.42 Å². The molecule has 0 aliphatic heterocycles. The first-order valence-corrected chi connectivity index (χ1v) is 6.52. The zero-order valence-corrected chi connectivity index (χ0v) is 10.5. The van der Waals surface area contributed by atoms with Gasteiger partial charge in [0, 0.05) is 17.0 Å². The van der Waals surface area contributed by atoms with E-state index < -0.39 is 0 Å². The van der Waals surface area contributed by atoms with Gasteiger partial charge < -0.3 is 5.32 Å². The van der Waals surface area contributed by atoms with Crippen LogP contribution in [0.25, 0.3) is 0 Å². The summed E-state index contributed by atoms with van der Waals surface area (Å²) in [6, 6.07) is 5.37. The van der Waals surface area contributed by atoms with E-state index >= 15 is 0 Å². The Morgan fingerprint density at radius 3 is 2.93 bits per heavy atom. The molecular formula is C13H21NS. The highest BCUT2D eigenvalue weighted by atomic mass is 32.1. The van der Waals surface area contributed by atoms with Crippen LogP contribution in [-0.2, 0) is 0 Å². The molecule has 0 aliphatic rings. The summed E-state index contributed by atoms with van der Waals surface area (Å²) in [5.41, 5.74) is 0. The predicted octanol–water partition coefficient (Wildman–Crippen LogP) is 4.14. The largest absolute Gasteiger partial charge is 0.307 e. The van der Waals surface area contributed by atoms with Gasteiger partial charge in [-0.05, 0) is 44.6 Å². The van der Waals surface area contributed by atoms with Gasteiger partial charge in [-0.1, -0.05) is 12.1 Å². The summed E-state index contributed by atoms with van der Waals surface area (Å²) >= 11 is 1.82. The Labute approximate surface area is 97.2 Å². The van der Waals surface area contributed by atoms with Crippen molar-refractivity contribution in [1.82, 2.24) is 5.32 Å². The van der Waals surface area contributed by atoms with E-state index in [-0.39, 0.29) is 0 Å². The highest BCUT2D eigenvalue weighted by molar-refractivity contribution is 7.10. The molecule has 0 bridgehead atoms. The molecule has 0 fully saturated rings. The first-order chi connectivity index (χ1) is 7.24. The van der Waals surface area contributed by atoms with Crippen LogP contribution in [0, 0.1) is 0 Å². The lowest BCUT2D eigenvalue weighted by molar-refractivity contribution is 0.451. The molecule has 2 unspecified atom stereocenters. The number of allylic oxidation sites excluding steroid dienone is 1. The normalized spacial score (nSPS) is 14.8. The quantitative estimate of drug-likeness (QED) is 0.541. The highest BCUT2D eigenvalue weighted by Crippen LogP contribution is 2.19. The van der Waals surface area contributed by atoms with Crippen LogP contribution >= 0.6 is 11.3 Å². The maximum atomic E-state index is 3.74. The summed E-state index contributed by atoms with van der Waals surface area (Å²) in [6.07, 6.45) is 5.57. The number of unbranched alkanes of at least 4 members (excludes halogenated alkanes) is 1. The highest BCUT2D eigenvalue weighted by Gasteiger charge is 2.09. The Kier molecular flexibility index (Phi) is 5.66. The predicted molar refractivity (Wildman–Crippen MR) is 69.4 cm³/mol. The van der Waals surface area contributed by atoms with Crippen molar-refractivity contribution in [2.75, 3.05) is 0 Å². The van der Waals surface area contributed by atoms with E-state index in [1.807, 2.05) is 17.4 Å². The van der Waals surface area contributed by atoms with E-state index in [4.69, 9.17) is 0 Å². The molecule has 1 rings (SSSR count). The van der Waals surface area contributed by atoms with Gasteiger partial charge >= 0.3 is 0 Å². The van der Waals surface area contributed by atoms with Crippen molar-refractivity contribution in [2.45, 2.75) is 45.2 Å². The van der Waals surface area contributed by atoms with Gasteiger partial charge in [0.2, 0.25) is 0 Å². The van der Waals surface area contributed by atoms with Crippen molar-refractivity contribution in [3.8, 4) is 0 Å². The van der Waals surface area contributed by atoms with Gasteiger partial charge in [-0.25, -0.2) is 0 Å². The number of hydrogen-bond donors (Lipinski definition) is 1. The molecule has 0 aliphatic carbocycles. The van der Waals surface area contributed by atoms with Gasteiger partial charge in [-0.3, -0.25) is 0 Å². The molecule has 0 saturated heterocycles. The first kappa shape index (κ1) is 12.5. The lowest BCUT2D eigenvalue weighted by Gasteiger charge is -2.18. The van der Waals surface area contributed by atoms with Crippen LogP contribution in [-0.4, -0.2) is 6.04 Å². The van der Waals surface area contributed by atoms with Gasteiger partial charge in [0.15, 0.2) is 0 Å². The second kappa shape index (κ2) is 6.81. The van der Waals surface area contributed by atoms with Gasteiger partial charge in [0.25, 0.3) is 0 Å². The minimum absolute atomic E-state index is 0.476. The van der Waals surface area contributed by atoms with Gasteiger partial charge in [0.1, 0.15) is 0 Å². The maximum absolute atomic E-state index is 3.74. The molecule has 84 valence electrons. The molecule has 0 aromatic carbocycles. The minimum atomic E-state index is 0.476. The second-order valence-electron chi connectivity index (χ2n) is 4.02. The average molecular weight is 223 g/mol. The fourth-order valence-electron chi connectivity index (χ4n) is 1.70. The van der Waals surface area contributed by atoms with Crippen LogP contribution in [0.3, 0.4) is 0 Å². The van der Waals surface area contributed by atoms with Crippen LogP contribution in [0.1, 0.15) is 44.0 Å². The number of thiophene rings is 1. The molecule has 1 nitrogen and oxygen atoms in total. The van der Waals surface area contributed by atoms with Crippen LogP contribution in [0.2, 0.25) is 0 Å². The Hall–Kier alpha value is -0.600. The summed E-state index contributed by atoms with van der Waals surface area (Å²) < 4.78 is 0. The molecule has 1 aromatic heterocycles. The molecule has 15 heavy (non-hydrogen) atoms. The molecule has 1 aromatic rings. The summed E-state index contributed by atoms with van der Waals surface area (Å²) in [5.74, 6) is 0.